The second kappa shape index (κ2) is 3.81. The van der Waals surface area contributed by atoms with E-state index in [1.54, 1.807) is 0 Å². The molecule has 0 aromatic rings. The van der Waals surface area contributed by atoms with Crippen LogP contribution in [0, 0.1) is 17.8 Å². The number of nitrogens with one attached hydrogen (secondary N) is 1. The van der Waals surface area contributed by atoms with Gasteiger partial charge in [-0.1, -0.05) is 12.5 Å². The third kappa shape index (κ3) is 1.65. The summed E-state index contributed by atoms with van der Waals surface area (Å²) in [5.41, 5.74) is 2.98. The van der Waals surface area contributed by atoms with Gasteiger partial charge in [0.05, 0.1) is 0 Å². The maximum atomic E-state index is 5.57. The third-order valence-corrected chi connectivity index (χ3v) is 3.83. The Bertz CT molecular complexity index is 181. The van der Waals surface area contributed by atoms with Crippen LogP contribution in [0.2, 0.25) is 0 Å². The first kappa shape index (κ1) is 9.22. The number of fused-ring (bicyclic) bond motifs is 1. The zero-order valence-corrected chi connectivity index (χ0v) is 8.21. The number of allylic oxidation sites excluding steroid dienone is 1. The summed E-state index contributed by atoms with van der Waals surface area (Å²) >= 11 is 0. The van der Waals surface area contributed by atoms with Crippen molar-refractivity contribution in [1.82, 2.24) is 5.43 Å². The van der Waals surface area contributed by atoms with Crippen molar-refractivity contribution in [1.29, 1.82) is 0 Å². The minimum atomic E-state index is 0.549. The first-order valence-electron chi connectivity index (χ1n) is 5.45. The van der Waals surface area contributed by atoms with Crippen molar-refractivity contribution in [2.45, 2.75) is 38.1 Å². The summed E-state index contributed by atoms with van der Waals surface area (Å²) in [6.07, 6.45) is 8.58. The summed E-state index contributed by atoms with van der Waals surface area (Å²) < 4.78 is 0. The van der Waals surface area contributed by atoms with Gasteiger partial charge in [0.25, 0.3) is 0 Å². The monoisotopic (exact) mass is 180 g/mol. The van der Waals surface area contributed by atoms with Crippen molar-refractivity contribution in [2.75, 3.05) is 0 Å². The van der Waals surface area contributed by atoms with Crippen LogP contribution in [0.15, 0.2) is 12.7 Å². The van der Waals surface area contributed by atoms with Crippen molar-refractivity contribution >= 4 is 0 Å². The summed E-state index contributed by atoms with van der Waals surface area (Å²) in [5, 5.41) is 0. The van der Waals surface area contributed by atoms with Crippen LogP contribution in [0.1, 0.15) is 32.1 Å². The smallest absolute Gasteiger partial charge is 0.0247 e. The highest BCUT2D eigenvalue weighted by Crippen LogP contribution is 2.59. The Morgan fingerprint density at radius 3 is 2.69 bits per heavy atom. The van der Waals surface area contributed by atoms with Crippen LogP contribution in [0.3, 0.4) is 0 Å². The molecule has 0 heterocycles. The molecule has 0 aliphatic heterocycles. The van der Waals surface area contributed by atoms with Gasteiger partial charge in [-0.05, 0) is 43.4 Å². The van der Waals surface area contributed by atoms with Crippen LogP contribution < -0.4 is 11.3 Å². The van der Waals surface area contributed by atoms with Crippen LogP contribution in [0.4, 0.5) is 0 Å². The zero-order valence-electron chi connectivity index (χ0n) is 8.21. The summed E-state index contributed by atoms with van der Waals surface area (Å²) in [7, 11) is 0. The van der Waals surface area contributed by atoms with Crippen LogP contribution in [-0.2, 0) is 0 Å². The summed E-state index contributed by atoms with van der Waals surface area (Å²) in [6, 6.07) is 0.549. The molecule has 13 heavy (non-hydrogen) atoms. The molecule has 0 saturated heterocycles. The van der Waals surface area contributed by atoms with E-state index >= 15 is 0 Å². The fourth-order valence-corrected chi connectivity index (χ4v) is 3.16. The number of nitrogens with two attached hydrogens (primary N) is 1. The van der Waals surface area contributed by atoms with Crippen molar-refractivity contribution in [3.05, 3.63) is 12.7 Å². The fraction of sp³-hybridized carbons (Fsp3) is 0.818. The van der Waals surface area contributed by atoms with Crippen molar-refractivity contribution < 1.29 is 0 Å². The Labute approximate surface area is 80.5 Å². The molecule has 0 radical (unpaired) electrons. The van der Waals surface area contributed by atoms with Gasteiger partial charge in [0.2, 0.25) is 0 Å². The van der Waals surface area contributed by atoms with E-state index in [0.717, 1.165) is 30.6 Å². The van der Waals surface area contributed by atoms with Gasteiger partial charge in [-0.15, -0.1) is 6.58 Å². The zero-order chi connectivity index (χ0) is 9.26. The molecule has 3 N–H and O–H groups in total. The Morgan fingerprint density at radius 2 is 2.15 bits per heavy atom. The minimum absolute atomic E-state index is 0.549. The summed E-state index contributed by atoms with van der Waals surface area (Å²) in [4.78, 5) is 0. The Balaban J connectivity index is 1.81. The molecule has 0 aromatic heterocycles. The molecular formula is C11H20N2. The molecule has 0 amide bonds. The molecule has 2 rings (SSSR count). The molecule has 3 atom stereocenters. The highest BCUT2D eigenvalue weighted by molar-refractivity contribution is 5.05. The second-order valence-electron chi connectivity index (χ2n) is 4.48. The molecule has 0 aromatic carbocycles. The number of hydrogen-bond donors (Lipinski definition) is 2. The standard InChI is InChI=1S/C11H20N2/c1-2-3-7-10(13-12)11-8-5-4-6-9(8)11/h2,8-11,13H,1,3-7,12H2. The normalized spacial score (nSPS) is 38.4. The predicted octanol–water partition coefficient (Wildman–Crippen LogP) is 1.83. The number of rotatable bonds is 5. The molecular weight excluding hydrogens is 160 g/mol. The van der Waals surface area contributed by atoms with Gasteiger partial charge in [-0.2, -0.15) is 0 Å². The van der Waals surface area contributed by atoms with Crippen molar-refractivity contribution in [3.8, 4) is 0 Å². The SMILES string of the molecule is C=CCCC(NN)C1C2CCCC21. The molecule has 0 spiro atoms. The lowest BCUT2D eigenvalue weighted by Gasteiger charge is -2.16. The fourth-order valence-electron chi connectivity index (χ4n) is 3.16. The van der Waals surface area contributed by atoms with E-state index in [2.05, 4.69) is 12.0 Å². The van der Waals surface area contributed by atoms with E-state index in [0.29, 0.717) is 6.04 Å². The van der Waals surface area contributed by atoms with Gasteiger partial charge in [0.15, 0.2) is 0 Å². The third-order valence-electron chi connectivity index (χ3n) is 3.83. The van der Waals surface area contributed by atoms with Gasteiger partial charge >= 0.3 is 0 Å². The lowest BCUT2D eigenvalue weighted by molar-refractivity contribution is 0.393. The topological polar surface area (TPSA) is 38.0 Å². The quantitative estimate of drug-likeness (QED) is 0.385. The Hall–Kier alpha value is -0.340. The van der Waals surface area contributed by atoms with E-state index in [9.17, 15) is 0 Å². The first-order chi connectivity index (χ1) is 6.38. The van der Waals surface area contributed by atoms with Crippen LogP contribution in [0.25, 0.3) is 0 Å². The van der Waals surface area contributed by atoms with E-state index < -0.39 is 0 Å². The number of hydrazine groups is 1. The van der Waals surface area contributed by atoms with Gasteiger partial charge in [0, 0.05) is 6.04 Å². The molecule has 2 heteroatoms. The van der Waals surface area contributed by atoms with E-state index in [-0.39, 0.29) is 0 Å². The maximum absolute atomic E-state index is 5.57. The molecule has 2 aliphatic carbocycles. The molecule has 2 aliphatic rings. The van der Waals surface area contributed by atoms with Gasteiger partial charge < -0.3 is 0 Å². The van der Waals surface area contributed by atoms with Crippen LogP contribution in [-0.4, -0.2) is 6.04 Å². The largest absolute Gasteiger partial charge is 0.271 e. The lowest BCUT2D eigenvalue weighted by Crippen LogP contribution is -2.37. The second-order valence-corrected chi connectivity index (χ2v) is 4.48. The predicted molar refractivity (Wildman–Crippen MR) is 54.9 cm³/mol. The summed E-state index contributed by atoms with van der Waals surface area (Å²) in [6.45, 7) is 3.75. The Kier molecular flexibility index (Phi) is 2.70. The van der Waals surface area contributed by atoms with Crippen LogP contribution in [0.5, 0.6) is 0 Å². The van der Waals surface area contributed by atoms with E-state index in [1.165, 1.54) is 19.3 Å². The van der Waals surface area contributed by atoms with E-state index in [4.69, 9.17) is 5.84 Å². The Morgan fingerprint density at radius 1 is 1.46 bits per heavy atom. The number of hydrogen-bond acceptors (Lipinski definition) is 2. The highest BCUT2D eigenvalue weighted by atomic mass is 15.2. The van der Waals surface area contributed by atoms with Gasteiger partial charge in [0.1, 0.15) is 0 Å². The maximum Gasteiger partial charge on any atom is 0.0247 e. The average Bonchev–Trinajstić information content (AvgIpc) is 2.62. The molecule has 3 unspecified atom stereocenters. The van der Waals surface area contributed by atoms with Gasteiger partial charge in [-0.25, -0.2) is 0 Å². The minimum Gasteiger partial charge on any atom is -0.271 e. The highest BCUT2D eigenvalue weighted by Gasteiger charge is 2.55. The summed E-state index contributed by atoms with van der Waals surface area (Å²) in [5.74, 6) is 8.47. The van der Waals surface area contributed by atoms with Crippen molar-refractivity contribution in [2.24, 2.45) is 23.6 Å². The molecule has 74 valence electrons. The molecule has 2 nitrogen and oxygen atoms in total. The van der Waals surface area contributed by atoms with Crippen LogP contribution >= 0.6 is 0 Å². The van der Waals surface area contributed by atoms with Crippen molar-refractivity contribution in [3.63, 3.8) is 0 Å². The molecule has 0 bridgehead atoms. The molecule has 2 fully saturated rings. The van der Waals surface area contributed by atoms with Gasteiger partial charge in [-0.3, -0.25) is 11.3 Å². The van der Waals surface area contributed by atoms with E-state index in [1.807, 2.05) is 6.08 Å². The first-order valence-corrected chi connectivity index (χ1v) is 5.45. The lowest BCUT2D eigenvalue weighted by atomic mass is 10.0. The average molecular weight is 180 g/mol. The molecule has 2 saturated carbocycles.